The summed E-state index contributed by atoms with van der Waals surface area (Å²) in [6, 6.07) is 25.3. The van der Waals surface area contributed by atoms with Crippen molar-refractivity contribution < 1.29 is 88.9 Å². The lowest BCUT2D eigenvalue weighted by Gasteiger charge is -2.42. The van der Waals surface area contributed by atoms with Gasteiger partial charge in [0, 0.05) is 74.9 Å². The molecule has 112 heavy (non-hydrogen) atoms. The molecule has 1 aliphatic rings. The summed E-state index contributed by atoms with van der Waals surface area (Å²) >= 11 is 8.51. The minimum absolute atomic E-state index is 0.00173. The first-order chi connectivity index (χ1) is 53.3. The molecule has 9 rings (SSSR count). The van der Waals surface area contributed by atoms with Crippen LogP contribution in [0.15, 0.2) is 116 Å². The van der Waals surface area contributed by atoms with Crippen LogP contribution in [-0.4, -0.2) is 198 Å². The number of carboxylic acids is 1. The van der Waals surface area contributed by atoms with E-state index in [2.05, 4.69) is 49.1 Å². The van der Waals surface area contributed by atoms with Crippen molar-refractivity contribution in [3.05, 3.63) is 154 Å². The van der Waals surface area contributed by atoms with Gasteiger partial charge in [0.1, 0.15) is 65.9 Å². The lowest BCUT2D eigenvalue weighted by Crippen LogP contribution is -2.58. The third-order valence-electron chi connectivity index (χ3n) is 18.4. The van der Waals surface area contributed by atoms with Gasteiger partial charge in [-0.1, -0.05) is 79.9 Å². The summed E-state index contributed by atoms with van der Waals surface area (Å²) in [5, 5.41) is 22.2. The number of amides is 6. The number of halogens is 2. The number of nitrogens with two attached hydrogens (primary N) is 1. The number of carbonyl (C=O) groups is 6. The Morgan fingerprint density at radius 2 is 1.59 bits per heavy atom. The lowest BCUT2D eigenvalue weighted by atomic mass is 9.95. The fraction of sp³-hybridized carbons (Fsp3) is 0.392. The number of fused-ring (bicyclic) bond motifs is 1. The molecule has 33 heteroatoms. The fourth-order valence-corrected chi connectivity index (χ4v) is 14.3. The van der Waals surface area contributed by atoms with E-state index in [-0.39, 0.29) is 86.9 Å². The number of carboxylic acid groups (broad SMARTS) is 1. The number of anilines is 1. The third kappa shape index (κ3) is 23.8. The van der Waals surface area contributed by atoms with Crippen molar-refractivity contribution in [2.24, 2.45) is 11.7 Å². The topological polar surface area (TPSA) is 374 Å². The Labute approximate surface area is 658 Å². The number of urea groups is 1. The van der Waals surface area contributed by atoms with Gasteiger partial charge in [0.05, 0.1) is 61.2 Å². The Balaban J connectivity index is 1.03. The lowest BCUT2D eigenvalue weighted by molar-refractivity contribution is -0.913. The number of hydrogen-bond donors (Lipinski definition) is 7. The number of primary amides is 1. The van der Waals surface area contributed by atoms with Crippen LogP contribution >= 0.6 is 22.9 Å². The first-order valence-corrected chi connectivity index (χ1v) is 38.9. The van der Waals surface area contributed by atoms with Crippen molar-refractivity contribution >= 4 is 85.0 Å². The zero-order chi connectivity index (χ0) is 81.0. The highest BCUT2D eigenvalue weighted by molar-refractivity contribution is 7.85. The molecule has 0 bridgehead atoms. The minimum Gasteiger partial charge on any atom is -0.496 e. The number of likely N-dealkylation sites (N-methyl/N-ethyl adjacent to an activating group) is 1. The molecule has 0 radical (unpaired) electrons. The van der Waals surface area contributed by atoms with Crippen LogP contribution in [0.3, 0.4) is 0 Å². The molecule has 3 aromatic heterocycles. The minimum atomic E-state index is -4.07. The Kier molecular flexibility index (Phi) is 29.5. The molecule has 1 fully saturated rings. The number of aliphatic carboxylic acids is 1. The molecular formula is C79H93ClFN12O17S2+. The van der Waals surface area contributed by atoms with Crippen LogP contribution in [0.4, 0.5) is 24.5 Å². The maximum absolute atomic E-state index is 16.6. The van der Waals surface area contributed by atoms with Crippen LogP contribution < -0.4 is 50.7 Å². The molecule has 8 N–H and O–H groups in total. The quantitative estimate of drug-likeness (QED) is 0.00830. The molecule has 6 amide bonds. The molecule has 1 saturated heterocycles. The number of benzene rings is 5. The summed E-state index contributed by atoms with van der Waals surface area (Å²) in [6.07, 6.45) is 5.38. The molecule has 0 spiro atoms. The van der Waals surface area contributed by atoms with Gasteiger partial charge in [-0.15, -0.1) is 17.8 Å². The maximum atomic E-state index is 16.6. The largest absolute Gasteiger partial charge is 0.496 e. The fourth-order valence-electron chi connectivity index (χ4n) is 12.4. The van der Waals surface area contributed by atoms with Crippen LogP contribution in [0.25, 0.3) is 43.2 Å². The zero-order valence-corrected chi connectivity index (χ0v) is 66.1. The molecule has 4 heterocycles. The Morgan fingerprint density at radius 1 is 0.857 bits per heavy atom. The van der Waals surface area contributed by atoms with E-state index < -0.39 is 81.6 Å². The smallest absolute Gasteiger partial charge is 0.410 e. The van der Waals surface area contributed by atoms with E-state index >= 15 is 4.39 Å². The van der Waals surface area contributed by atoms with E-state index in [1.807, 2.05) is 18.2 Å². The van der Waals surface area contributed by atoms with Gasteiger partial charge in [-0.2, -0.15) is 8.42 Å². The number of hydrogen-bond acceptors (Lipinski definition) is 21. The van der Waals surface area contributed by atoms with Crippen LogP contribution in [0.1, 0.15) is 81.8 Å². The number of nitrogens with one attached hydrogen (secondary N) is 4. The molecule has 1 aliphatic heterocycles. The maximum Gasteiger partial charge on any atom is 0.410 e. The number of ether oxygens (including phenoxy) is 7. The SMILES string of the molecule is C#CCOC(=O)N(C)Cc1cc(NC(=O)C(CCCNC(N)=O)NC(=O)C(NC(=O)OC(C)(C)C)C(C)C)ccc1COc1cc(-c2sc3ncnc(O[C@H](Cc4ccccc4OCc4ccnc(-c5ccccc5OC)n4)C(=O)O)c3c2-c2ccc(OCCN3CC[N+](C)(CCCS(=O)(=O)O)CC3)c(Cl)c2C)ccc1F. The summed E-state index contributed by atoms with van der Waals surface area (Å²) in [6.45, 7) is 13.8. The van der Waals surface area contributed by atoms with Gasteiger partial charge in [-0.05, 0) is 134 Å². The van der Waals surface area contributed by atoms with Crippen LogP contribution in [-0.2, 0) is 60.2 Å². The summed E-state index contributed by atoms with van der Waals surface area (Å²) < 4.78 is 91.3. The average molecular weight is 1600 g/mol. The van der Waals surface area contributed by atoms with Gasteiger partial charge >= 0.3 is 24.2 Å². The highest BCUT2D eigenvalue weighted by Gasteiger charge is 2.34. The van der Waals surface area contributed by atoms with E-state index in [9.17, 15) is 46.8 Å². The number of nitrogens with zero attached hydrogens (tertiary/aromatic N) is 7. The molecule has 3 atom stereocenters. The number of para-hydroxylation sites is 2. The summed E-state index contributed by atoms with van der Waals surface area (Å²) in [5.41, 5.74) is 9.05. The predicted octanol–water partition coefficient (Wildman–Crippen LogP) is 10.9. The van der Waals surface area contributed by atoms with Gasteiger partial charge in [0.2, 0.25) is 23.8 Å². The normalized spacial score (nSPS) is 13.7. The molecule has 0 saturated carbocycles. The molecular weight excluding hydrogens is 1510 g/mol. The second kappa shape index (κ2) is 38.8. The van der Waals surface area contributed by atoms with Gasteiger partial charge in [0.25, 0.3) is 10.1 Å². The summed E-state index contributed by atoms with van der Waals surface area (Å²) in [4.78, 5) is 102. The van der Waals surface area contributed by atoms with Crippen molar-refractivity contribution in [2.75, 3.05) is 91.3 Å². The van der Waals surface area contributed by atoms with E-state index in [0.717, 1.165) is 26.2 Å². The zero-order valence-electron chi connectivity index (χ0n) is 63.7. The van der Waals surface area contributed by atoms with Gasteiger partial charge < -0.3 is 74.6 Å². The Bertz CT molecular complexity index is 4860. The van der Waals surface area contributed by atoms with Gasteiger partial charge in [0.15, 0.2) is 24.0 Å². The number of piperazine rings is 1. The number of methoxy groups -OCH3 is 1. The van der Waals surface area contributed by atoms with Crippen molar-refractivity contribution in [3.8, 4) is 74.2 Å². The predicted molar refractivity (Wildman–Crippen MR) is 420 cm³/mol. The average Bonchev–Trinajstić information content (AvgIpc) is 1.58. The number of aromatic nitrogens is 4. The first kappa shape index (κ1) is 85.1. The number of rotatable bonds is 36. The molecule has 5 aromatic carbocycles. The monoisotopic (exact) mass is 1600 g/mol. The first-order valence-electron chi connectivity index (χ1n) is 36.1. The van der Waals surface area contributed by atoms with Gasteiger partial charge in [-0.25, -0.2) is 43.5 Å². The molecule has 8 aromatic rings. The molecule has 2 unspecified atom stereocenters. The number of carbonyl (C=O) groups excluding carboxylic acids is 5. The van der Waals surface area contributed by atoms with Crippen molar-refractivity contribution in [1.29, 1.82) is 0 Å². The van der Waals surface area contributed by atoms with Crippen LogP contribution in [0.2, 0.25) is 5.02 Å². The molecule has 0 aliphatic carbocycles. The van der Waals surface area contributed by atoms with E-state index in [4.69, 9.17) is 66.9 Å². The van der Waals surface area contributed by atoms with Crippen molar-refractivity contribution in [2.45, 2.75) is 111 Å². The molecule has 596 valence electrons. The van der Waals surface area contributed by atoms with Crippen molar-refractivity contribution in [3.63, 3.8) is 0 Å². The summed E-state index contributed by atoms with van der Waals surface area (Å²) in [7, 11) is 1.02. The molecule has 29 nitrogen and oxygen atoms in total. The standard InChI is InChI=1S/C79H92ClFN12O17S2/c1-11-38-106-78(100)91(8)44-53-41-54(88-71(94)59(20-16-30-84-76(82)98)89-72(95)68(48(2)3)90-77(99)110-79(5,6)7)25-23-52(53)45-107-63-43-51(24-27-58(63)81)69-65(56-26-28-62(67(80)49(56)4)105-39-34-92-32-36-93(9,37-33-92)35-17-40-112(101,102)103)66-73(85-47-86-74(66)111-69)109-64(75(96)97)42-50-18-12-14-21-60(50)108-46-55-29-31-83-70(87-55)57-19-13-15-22-61(57)104-10/h1,12-15,18-19,21-29,31,41,43,47-48,59,64,68H,16-17,20,30,32-40,42,44-46H2,2-10H3,(H7-,82,84,88,89,90,94,95,96,97,98,99,101,102,103)/p+1/t59?,64-,68?/m1/s1. The number of alkyl carbamates (subject to hydrolysis) is 1. The van der Waals surface area contributed by atoms with Crippen LogP contribution in [0.5, 0.6) is 28.9 Å². The highest BCUT2D eigenvalue weighted by atomic mass is 35.5. The van der Waals surface area contributed by atoms with E-state index in [1.165, 1.54) is 41.7 Å². The Hall–Kier alpha value is -11.0. The van der Waals surface area contributed by atoms with Crippen LogP contribution in [0, 0.1) is 31.0 Å². The van der Waals surface area contributed by atoms with E-state index in [1.54, 1.807) is 128 Å². The number of quaternary nitrogens is 1. The third-order valence-corrected chi connectivity index (χ3v) is 20.8. The second-order valence-corrected chi connectivity index (χ2v) is 31.3. The highest BCUT2D eigenvalue weighted by Crippen LogP contribution is 2.50. The number of thiophene rings is 1. The number of terminal acetylenes is 1. The summed E-state index contributed by atoms with van der Waals surface area (Å²) in [5.74, 6) is -0.567. The van der Waals surface area contributed by atoms with Crippen molar-refractivity contribution in [1.82, 2.24) is 45.7 Å². The van der Waals surface area contributed by atoms with Gasteiger partial charge in [-0.3, -0.25) is 19.0 Å². The second-order valence-electron chi connectivity index (χ2n) is 28.3. The Morgan fingerprint density at radius 3 is 2.29 bits per heavy atom. The van der Waals surface area contributed by atoms with E-state index in [0.29, 0.717) is 112 Å².